The van der Waals surface area contributed by atoms with Crippen molar-refractivity contribution in [2.45, 2.75) is 51.7 Å². The van der Waals surface area contributed by atoms with E-state index in [2.05, 4.69) is 31.1 Å². The quantitative estimate of drug-likeness (QED) is 0.828. The van der Waals surface area contributed by atoms with Crippen molar-refractivity contribution in [3.8, 4) is 0 Å². The molecule has 0 saturated heterocycles. The zero-order chi connectivity index (χ0) is 13.8. The van der Waals surface area contributed by atoms with Gasteiger partial charge in [-0.05, 0) is 13.0 Å². The maximum Gasteiger partial charge on any atom is 0.389 e. The summed E-state index contributed by atoms with van der Waals surface area (Å²) in [5.41, 5.74) is 0.927. The minimum Gasteiger partial charge on any atom is -0.311 e. The zero-order valence-electron chi connectivity index (χ0n) is 10.9. The van der Waals surface area contributed by atoms with E-state index >= 15 is 0 Å². The molecule has 0 unspecified atom stereocenters. The average molecular weight is 280 g/mol. The number of nitrogens with zero attached hydrogens (tertiary/aromatic N) is 1. The highest BCUT2D eigenvalue weighted by Crippen LogP contribution is 2.25. The van der Waals surface area contributed by atoms with Crippen molar-refractivity contribution in [3.05, 3.63) is 16.1 Å². The fourth-order valence-corrected chi connectivity index (χ4v) is 2.27. The van der Waals surface area contributed by atoms with Gasteiger partial charge in [0.25, 0.3) is 0 Å². The maximum absolute atomic E-state index is 11.9. The van der Waals surface area contributed by atoms with E-state index in [1.54, 1.807) is 11.3 Å². The lowest BCUT2D eigenvalue weighted by Gasteiger charge is -2.13. The lowest BCUT2D eigenvalue weighted by atomic mass is 9.98. The van der Waals surface area contributed by atoms with Gasteiger partial charge in [0.1, 0.15) is 0 Å². The van der Waals surface area contributed by atoms with Gasteiger partial charge in [-0.25, -0.2) is 4.98 Å². The Bertz CT molecular complexity index is 366. The Morgan fingerprint density at radius 2 is 1.94 bits per heavy atom. The van der Waals surface area contributed by atoms with Crippen LogP contribution < -0.4 is 5.32 Å². The molecule has 18 heavy (non-hydrogen) atoms. The van der Waals surface area contributed by atoms with Gasteiger partial charge < -0.3 is 5.32 Å². The Balaban J connectivity index is 2.26. The molecule has 6 heteroatoms. The number of hydrogen-bond donors (Lipinski definition) is 1. The third kappa shape index (κ3) is 5.82. The minimum atomic E-state index is -4.05. The molecule has 0 spiro atoms. The smallest absolute Gasteiger partial charge is 0.311 e. The molecule has 0 fully saturated rings. The van der Waals surface area contributed by atoms with Gasteiger partial charge in [0.05, 0.1) is 10.7 Å². The van der Waals surface area contributed by atoms with Gasteiger partial charge >= 0.3 is 6.18 Å². The number of alkyl halides is 3. The predicted molar refractivity (Wildman–Crippen MR) is 67.8 cm³/mol. The van der Waals surface area contributed by atoms with E-state index in [1.165, 1.54) is 0 Å². The molecule has 1 heterocycles. The molecule has 1 N–H and O–H groups in total. The number of aromatic nitrogens is 1. The molecule has 2 nitrogen and oxygen atoms in total. The van der Waals surface area contributed by atoms with E-state index in [9.17, 15) is 13.2 Å². The van der Waals surface area contributed by atoms with E-state index in [0.29, 0.717) is 13.1 Å². The van der Waals surface area contributed by atoms with Crippen LogP contribution in [0.3, 0.4) is 0 Å². The molecule has 104 valence electrons. The first-order chi connectivity index (χ1) is 8.18. The van der Waals surface area contributed by atoms with E-state index < -0.39 is 12.6 Å². The second kappa shape index (κ2) is 6.02. The molecule has 0 atom stereocenters. The van der Waals surface area contributed by atoms with Crippen molar-refractivity contribution < 1.29 is 13.2 Å². The summed E-state index contributed by atoms with van der Waals surface area (Å²) >= 11 is 1.59. The number of nitrogens with one attached hydrogen (secondary N) is 1. The molecule has 1 aromatic heterocycles. The Morgan fingerprint density at radius 3 is 2.44 bits per heavy atom. The largest absolute Gasteiger partial charge is 0.389 e. The van der Waals surface area contributed by atoms with Crippen molar-refractivity contribution in [2.24, 2.45) is 0 Å². The Labute approximate surface area is 110 Å². The summed E-state index contributed by atoms with van der Waals surface area (Å²) in [5, 5.41) is 5.99. The molecule has 0 aliphatic carbocycles. The van der Waals surface area contributed by atoms with E-state index in [0.717, 1.165) is 10.7 Å². The van der Waals surface area contributed by atoms with Crippen LogP contribution in [0.25, 0.3) is 0 Å². The molecule has 0 radical (unpaired) electrons. The fourth-order valence-electron chi connectivity index (χ4n) is 1.36. The van der Waals surface area contributed by atoms with Crippen molar-refractivity contribution in [1.82, 2.24) is 10.3 Å². The highest BCUT2D eigenvalue weighted by Gasteiger charge is 2.25. The third-order valence-corrected chi connectivity index (χ3v) is 3.63. The van der Waals surface area contributed by atoms with E-state index in [-0.39, 0.29) is 11.8 Å². The number of halogens is 3. The SMILES string of the molecule is CC(C)(C)c1nc(CNCCCC(F)(F)F)cs1. The van der Waals surface area contributed by atoms with Crippen molar-refractivity contribution in [3.63, 3.8) is 0 Å². The Kier molecular flexibility index (Phi) is 5.16. The van der Waals surface area contributed by atoms with Gasteiger partial charge in [-0.1, -0.05) is 20.8 Å². The topological polar surface area (TPSA) is 24.9 Å². The molecule has 0 amide bonds. The van der Waals surface area contributed by atoms with Crippen LogP contribution in [-0.4, -0.2) is 17.7 Å². The van der Waals surface area contributed by atoms with Crippen LogP contribution in [0.2, 0.25) is 0 Å². The van der Waals surface area contributed by atoms with Crippen LogP contribution in [0.4, 0.5) is 13.2 Å². The van der Waals surface area contributed by atoms with Crippen molar-refractivity contribution >= 4 is 11.3 Å². The lowest BCUT2D eigenvalue weighted by Crippen LogP contribution is -2.18. The molecule has 0 aliphatic rings. The normalized spacial score (nSPS) is 13.0. The van der Waals surface area contributed by atoms with Crippen LogP contribution in [0, 0.1) is 0 Å². The second-order valence-electron chi connectivity index (χ2n) is 5.29. The first-order valence-electron chi connectivity index (χ1n) is 5.91. The van der Waals surface area contributed by atoms with E-state index in [1.807, 2.05) is 5.38 Å². The summed E-state index contributed by atoms with van der Waals surface area (Å²) in [5.74, 6) is 0. The van der Waals surface area contributed by atoms with Crippen LogP contribution in [-0.2, 0) is 12.0 Å². The fraction of sp³-hybridized carbons (Fsp3) is 0.750. The van der Waals surface area contributed by atoms with Gasteiger partial charge in [-0.15, -0.1) is 11.3 Å². The van der Waals surface area contributed by atoms with Crippen LogP contribution in [0.1, 0.15) is 44.3 Å². The van der Waals surface area contributed by atoms with Crippen molar-refractivity contribution in [2.75, 3.05) is 6.54 Å². The Hall–Kier alpha value is -0.620. The van der Waals surface area contributed by atoms with Crippen LogP contribution >= 0.6 is 11.3 Å². The zero-order valence-corrected chi connectivity index (χ0v) is 11.7. The summed E-state index contributed by atoms with van der Waals surface area (Å²) in [6, 6.07) is 0. The highest BCUT2D eigenvalue weighted by atomic mass is 32.1. The molecule has 0 bridgehead atoms. The number of rotatable bonds is 5. The standard InChI is InChI=1S/C12H19F3N2S/c1-11(2,3)10-17-9(8-18-10)7-16-6-4-5-12(13,14)15/h8,16H,4-7H2,1-3H3. The van der Waals surface area contributed by atoms with Crippen molar-refractivity contribution in [1.29, 1.82) is 0 Å². The highest BCUT2D eigenvalue weighted by molar-refractivity contribution is 7.09. The first-order valence-corrected chi connectivity index (χ1v) is 6.79. The van der Waals surface area contributed by atoms with Gasteiger partial charge in [0.15, 0.2) is 0 Å². The second-order valence-corrected chi connectivity index (χ2v) is 6.15. The number of thiazole rings is 1. The van der Waals surface area contributed by atoms with Gasteiger partial charge in [-0.2, -0.15) is 13.2 Å². The molecular weight excluding hydrogens is 261 g/mol. The molecule has 1 aromatic rings. The molecular formula is C12H19F3N2S. The predicted octanol–water partition coefficient (Wildman–Crippen LogP) is 3.87. The maximum atomic E-state index is 11.9. The Morgan fingerprint density at radius 1 is 1.28 bits per heavy atom. The first kappa shape index (κ1) is 15.4. The van der Waals surface area contributed by atoms with Gasteiger partial charge in [0.2, 0.25) is 0 Å². The average Bonchev–Trinajstić information content (AvgIpc) is 2.63. The summed E-state index contributed by atoms with van der Waals surface area (Å²) in [6.45, 7) is 7.16. The summed E-state index contributed by atoms with van der Waals surface area (Å²) < 4.78 is 35.7. The molecule has 0 aromatic carbocycles. The van der Waals surface area contributed by atoms with E-state index in [4.69, 9.17) is 0 Å². The third-order valence-electron chi connectivity index (χ3n) is 2.31. The van der Waals surface area contributed by atoms with Gasteiger partial charge in [0, 0.05) is 23.8 Å². The van der Waals surface area contributed by atoms with Gasteiger partial charge in [-0.3, -0.25) is 0 Å². The van der Waals surface area contributed by atoms with Crippen LogP contribution in [0.5, 0.6) is 0 Å². The van der Waals surface area contributed by atoms with Crippen LogP contribution in [0.15, 0.2) is 5.38 Å². The summed E-state index contributed by atoms with van der Waals surface area (Å²) in [4.78, 5) is 4.46. The lowest BCUT2D eigenvalue weighted by molar-refractivity contribution is -0.135. The minimum absolute atomic E-state index is 0.0270. The molecule has 0 aliphatic heterocycles. The monoisotopic (exact) mass is 280 g/mol. The summed E-state index contributed by atoms with van der Waals surface area (Å²) in [6.07, 6.45) is -4.67. The molecule has 0 saturated carbocycles. The number of hydrogen-bond acceptors (Lipinski definition) is 3. The molecule has 1 rings (SSSR count). The summed E-state index contributed by atoms with van der Waals surface area (Å²) in [7, 11) is 0.